The van der Waals surface area contributed by atoms with Gasteiger partial charge in [0, 0.05) is 38.0 Å². The van der Waals surface area contributed by atoms with Gasteiger partial charge >= 0.3 is 17.9 Å². The number of carboxylic acid groups (broad SMARTS) is 1. The van der Waals surface area contributed by atoms with Crippen molar-refractivity contribution in [2.45, 2.75) is 274 Å². The maximum Gasteiger partial charge on any atom is 0.303 e. The first-order valence-electron chi connectivity index (χ1n) is 33.6. The van der Waals surface area contributed by atoms with Crippen molar-refractivity contribution < 1.29 is 48.8 Å². The van der Waals surface area contributed by atoms with Crippen molar-refractivity contribution in [1.82, 2.24) is 0 Å². The van der Waals surface area contributed by atoms with E-state index in [1.165, 1.54) is 97.3 Å². The molecular weight excluding hydrogens is 1000 g/mol. The molecule has 12 fully saturated rings. The number of fused-ring (bicyclic) bond motifs is 15. The van der Waals surface area contributed by atoms with Crippen LogP contribution in [0.15, 0.2) is 0 Å². The first-order chi connectivity index (χ1) is 37.6. The maximum atomic E-state index is 12.8. The third kappa shape index (κ3) is 10.1. The Morgan fingerprint density at radius 3 is 1.55 bits per heavy atom. The third-order valence-corrected chi connectivity index (χ3v) is 29.1. The summed E-state index contributed by atoms with van der Waals surface area (Å²) in [6.07, 6.45) is 28.0. The van der Waals surface area contributed by atoms with Crippen LogP contribution in [-0.2, 0) is 33.4 Å². The van der Waals surface area contributed by atoms with Crippen molar-refractivity contribution in [3.8, 4) is 0 Å². The first kappa shape index (κ1) is 60.8. The van der Waals surface area contributed by atoms with Crippen LogP contribution in [0, 0.1) is 133 Å². The van der Waals surface area contributed by atoms with Gasteiger partial charge < -0.3 is 24.8 Å². The molecule has 0 bridgehead atoms. The van der Waals surface area contributed by atoms with E-state index in [0.717, 1.165) is 94.3 Å². The molecule has 10 heteroatoms. The Hall–Kier alpha value is -2.33. The minimum absolute atomic E-state index is 0.0591. The Labute approximate surface area is 483 Å². The van der Waals surface area contributed by atoms with Gasteiger partial charge in [-0.15, -0.1) is 0 Å². The number of ketones is 2. The Bertz CT molecular complexity index is 2310. The van der Waals surface area contributed by atoms with E-state index < -0.39 is 11.4 Å². The maximum absolute atomic E-state index is 12.8. The molecule has 12 unspecified atom stereocenters. The number of hydrogen-bond donors (Lipinski definition) is 3. The number of rotatable bonds is 7. The summed E-state index contributed by atoms with van der Waals surface area (Å²) < 4.78 is 11.8. The van der Waals surface area contributed by atoms with Gasteiger partial charge in [0.1, 0.15) is 23.8 Å². The highest BCUT2D eigenvalue weighted by Crippen LogP contribution is 2.71. The fraction of sp³-hybridized carbons (Fsp3) is 0.929. The zero-order valence-corrected chi connectivity index (χ0v) is 52.2. The lowest BCUT2D eigenvalue weighted by Gasteiger charge is -2.62. The number of aliphatic carboxylic acids is 1. The van der Waals surface area contributed by atoms with Crippen LogP contribution in [0.2, 0.25) is 0 Å². The second kappa shape index (κ2) is 22.5. The predicted molar refractivity (Wildman–Crippen MR) is 311 cm³/mol. The summed E-state index contributed by atoms with van der Waals surface area (Å²) in [5.41, 5.74) is 0.389. The summed E-state index contributed by atoms with van der Waals surface area (Å²) in [6, 6.07) is 0. The van der Waals surface area contributed by atoms with E-state index in [4.69, 9.17) is 14.6 Å². The lowest BCUT2D eigenvalue weighted by atomic mass is 9.43. The fourth-order valence-electron chi connectivity index (χ4n) is 24.7. The van der Waals surface area contributed by atoms with Gasteiger partial charge in [0.2, 0.25) is 0 Å². The number of hydrogen-bond acceptors (Lipinski definition) is 9. The van der Waals surface area contributed by atoms with E-state index in [-0.39, 0.29) is 64.9 Å². The molecule has 0 radical (unpaired) electrons. The van der Waals surface area contributed by atoms with Crippen LogP contribution in [0.25, 0.3) is 0 Å². The van der Waals surface area contributed by atoms with Crippen LogP contribution >= 0.6 is 0 Å². The van der Waals surface area contributed by atoms with E-state index in [1.54, 1.807) is 6.92 Å². The summed E-state index contributed by atoms with van der Waals surface area (Å²) in [7, 11) is 0. The number of carbonyl (C=O) groups excluding carboxylic acids is 4. The van der Waals surface area contributed by atoms with Crippen LogP contribution in [0.5, 0.6) is 0 Å². The zero-order valence-electron chi connectivity index (χ0n) is 52.2. The molecule has 27 atom stereocenters. The minimum Gasteiger partial charge on any atom is -0.481 e. The molecule has 12 aliphatic rings. The molecule has 3 N–H and O–H groups in total. The Morgan fingerprint density at radius 1 is 0.537 bits per heavy atom. The number of aliphatic hydroxyl groups is 2. The van der Waals surface area contributed by atoms with Crippen LogP contribution in [0.3, 0.4) is 0 Å². The average Bonchev–Trinajstić information content (AvgIpc) is 4.03. The number of ether oxygens (including phenoxy) is 2. The summed E-state index contributed by atoms with van der Waals surface area (Å²) in [6.45, 7) is 26.0. The molecule has 12 saturated carbocycles. The fourth-order valence-corrected chi connectivity index (χ4v) is 24.7. The molecule has 0 amide bonds. The zero-order chi connectivity index (χ0) is 57.8. The quantitative estimate of drug-likeness (QED) is 0.209. The average molecular weight is 1110 g/mol. The van der Waals surface area contributed by atoms with Gasteiger partial charge in [-0.2, -0.15) is 0 Å². The van der Waals surface area contributed by atoms with E-state index in [0.29, 0.717) is 99.8 Å². The van der Waals surface area contributed by atoms with Crippen molar-refractivity contribution in [1.29, 1.82) is 0 Å². The molecule has 0 aromatic carbocycles. The monoisotopic (exact) mass is 1110 g/mol. The van der Waals surface area contributed by atoms with Crippen LogP contribution < -0.4 is 0 Å². The van der Waals surface area contributed by atoms with Gasteiger partial charge in [-0.1, -0.05) is 68.2 Å². The van der Waals surface area contributed by atoms with E-state index in [2.05, 4.69) is 62.3 Å². The smallest absolute Gasteiger partial charge is 0.303 e. The SMILES string of the molecule is CC(=O)O[C@H]1CC2C(CC[C@@H]3C[C@H](C)CC[C@]23C)C2CCC(=O)[C@]21C.CC(=O)O[C@H]1CC2C(CC[C@@H]3C[C@H](C)CC[C@]23C)C2CCC(C(C)=O)[C@]21C.CC(CCC(=O)O)C1CCC2C3CC[C@@H]4C[C@H](O)CC[C@]4(C)C3C[C@H](O)[C@]12C. The number of Topliss-reactive ketones (excluding diaryl/α,β-unsaturated/α-hetero) is 2. The number of aliphatic hydroxyl groups excluding tert-OH is 2. The van der Waals surface area contributed by atoms with Gasteiger partial charge in [-0.05, 0) is 271 Å². The molecule has 452 valence electrons. The highest BCUT2D eigenvalue weighted by Gasteiger charge is 2.68. The summed E-state index contributed by atoms with van der Waals surface area (Å²) in [5, 5.41) is 30.8. The molecule has 80 heavy (non-hydrogen) atoms. The Kier molecular flexibility index (Phi) is 17.1. The highest BCUT2D eigenvalue weighted by molar-refractivity contribution is 5.88. The topological polar surface area (TPSA) is 164 Å². The first-order valence-corrected chi connectivity index (χ1v) is 33.6. The van der Waals surface area contributed by atoms with Crippen molar-refractivity contribution in [2.75, 3.05) is 0 Å². The lowest BCUT2D eigenvalue weighted by Crippen LogP contribution is -2.59. The number of carboxylic acids is 1. The highest BCUT2D eigenvalue weighted by atomic mass is 16.5. The molecule has 0 aromatic heterocycles. The van der Waals surface area contributed by atoms with Crippen LogP contribution in [0.4, 0.5) is 0 Å². The van der Waals surface area contributed by atoms with Crippen LogP contribution in [0.1, 0.15) is 250 Å². The van der Waals surface area contributed by atoms with Gasteiger partial charge in [0.25, 0.3) is 0 Å². The van der Waals surface area contributed by atoms with Crippen molar-refractivity contribution in [2.24, 2.45) is 133 Å². The molecule has 0 aliphatic heterocycles. The summed E-state index contributed by atoms with van der Waals surface area (Å²) in [5.74, 6) is 9.76. The van der Waals surface area contributed by atoms with Gasteiger partial charge in [-0.25, -0.2) is 0 Å². The molecular formula is C70H112O10. The molecule has 12 aliphatic carbocycles. The van der Waals surface area contributed by atoms with Gasteiger partial charge in [0.15, 0.2) is 0 Å². The van der Waals surface area contributed by atoms with Gasteiger partial charge in [0.05, 0.1) is 17.6 Å². The molecule has 12 rings (SSSR count). The van der Waals surface area contributed by atoms with Crippen molar-refractivity contribution in [3.05, 3.63) is 0 Å². The lowest BCUT2D eigenvalue weighted by molar-refractivity contribution is -0.192. The van der Waals surface area contributed by atoms with Gasteiger partial charge in [-0.3, -0.25) is 24.0 Å². The standard InChI is InChI=1S/C24H40O4.C24H38O3.C22H34O3/c1-14(4-9-22(27)28)18-7-8-19-17-6-5-15-12-16(25)10-11-23(15,2)20(17)13-21(26)24(18,19)3;1-14-10-11-23(4)17(12-14)6-7-18-20-9-8-19(15(2)25)24(20,5)22(13-21(18)23)27-16(3)26;1-13-9-10-21(3)15(11-13)5-6-16-17-7-8-19(24)22(17,4)20(12-18(16)21)25-14(2)23/h14-21,25-26H,4-13H2,1-3H3,(H,27,28);14,17-22H,6-13H2,1-5H3;13,15-18,20H,5-12H2,1-4H3/t14?,15-,16-,17?,18?,19?,20?,21+,23+,24-;14-,17-,18?,19?,20?,21?,22+,23+,24-;13-,15-,16?,17?,18?,20+,21+,22+/m111/s1. The van der Waals surface area contributed by atoms with E-state index >= 15 is 0 Å². The summed E-state index contributed by atoms with van der Waals surface area (Å²) >= 11 is 0. The minimum atomic E-state index is -0.707. The molecule has 0 heterocycles. The van der Waals surface area contributed by atoms with E-state index in [9.17, 15) is 34.2 Å². The molecule has 0 spiro atoms. The van der Waals surface area contributed by atoms with Crippen LogP contribution in [-0.4, -0.2) is 69.2 Å². The van der Waals surface area contributed by atoms with Crippen molar-refractivity contribution >= 4 is 29.5 Å². The molecule has 0 aromatic rings. The third-order valence-electron chi connectivity index (χ3n) is 29.1. The second-order valence-electron chi connectivity index (χ2n) is 32.4. The normalized spacial score (nSPS) is 51.8. The molecule has 10 nitrogen and oxygen atoms in total. The summed E-state index contributed by atoms with van der Waals surface area (Å²) in [4.78, 5) is 60.1. The largest absolute Gasteiger partial charge is 0.481 e. The second-order valence-corrected chi connectivity index (χ2v) is 32.4. The Balaban J connectivity index is 0.000000135. The number of carbonyl (C=O) groups is 5. The Morgan fingerprint density at radius 2 is 1.01 bits per heavy atom. The molecule has 0 saturated heterocycles. The number of esters is 2. The van der Waals surface area contributed by atoms with E-state index in [1.807, 2.05) is 0 Å². The van der Waals surface area contributed by atoms with Crippen molar-refractivity contribution in [3.63, 3.8) is 0 Å². The predicted octanol–water partition coefficient (Wildman–Crippen LogP) is 14.7.